The SMILES string of the molecule is NCCCCc1ccc(Cl)c2c1OCO2. The van der Waals surface area contributed by atoms with Crippen molar-refractivity contribution in [3.05, 3.63) is 22.7 Å². The number of nitrogens with two attached hydrogens (primary N) is 1. The van der Waals surface area contributed by atoms with Gasteiger partial charge in [0.15, 0.2) is 11.5 Å². The van der Waals surface area contributed by atoms with Crippen LogP contribution in [0.1, 0.15) is 18.4 Å². The van der Waals surface area contributed by atoms with Crippen LogP contribution < -0.4 is 15.2 Å². The Morgan fingerprint density at radius 3 is 2.80 bits per heavy atom. The second kappa shape index (κ2) is 4.73. The minimum absolute atomic E-state index is 0.267. The summed E-state index contributed by atoms with van der Waals surface area (Å²) in [5.74, 6) is 1.49. The number of hydrogen-bond donors (Lipinski definition) is 1. The van der Waals surface area contributed by atoms with E-state index in [2.05, 4.69) is 0 Å². The summed E-state index contributed by atoms with van der Waals surface area (Å²) in [6.07, 6.45) is 3.05. The summed E-state index contributed by atoms with van der Waals surface area (Å²) in [6.45, 7) is 0.996. The fourth-order valence-electron chi connectivity index (χ4n) is 1.68. The Kier molecular flexibility index (Phi) is 3.34. The summed E-state index contributed by atoms with van der Waals surface area (Å²) in [7, 11) is 0. The third kappa shape index (κ3) is 2.19. The van der Waals surface area contributed by atoms with Gasteiger partial charge in [-0.2, -0.15) is 0 Å². The zero-order valence-electron chi connectivity index (χ0n) is 8.46. The van der Waals surface area contributed by atoms with Crippen LogP contribution in [0.4, 0.5) is 0 Å². The first-order valence-corrected chi connectivity index (χ1v) is 5.48. The summed E-state index contributed by atoms with van der Waals surface area (Å²) >= 11 is 5.98. The zero-order valence-corrected chi connectivity index (χ0v) is 9.22. The lowest BCUT2D eigenvalue weighted by molar-refractivity contribution is 0.173. The van der Waals surface area contributed by atoms with Gasteiger partial charge in [-0.1, -0.05) is 17.7 Å². The second-order valence-electron chi connectivity index (χ2n) is 3.52. The third-order valence-electron chi connectivity index (χ3n) is 2.45. The minimum Gasteiger partial charge on any atom is -0.453 e. The number of fused-ring (bicyclic) bond motifs is 1. The van der Waals surface area contributed by atoms with Crippen molar-refractivity contribution >= 4 is 11.6 Å². The van der Waals surface area contributed by atoms with Crippen LogP contribution in [0.15, 0.2) is 12.1 Å². The van der Waals surface area contributed by atoms with Crippen LogP contribution in [0.5, 0.6) is 11.5 Å². The maximum absolute atomic E-state index is 5.98. The predicted octanol–water partition coefficient (Wildman–Crippen LogP) is 2.35. The Bertz CT molecular complexity index is 355. The molecule has 1 aliphatic heterocycles. The average molecular weight is 228 g/mol. The van der Waals surface area contributed by atoms with E-state index < -0.39 is 0 Å². The number of benzene rings is 1. The Balaban J connectivity index is 2.15. The van der Waals surface area contributed by atoms with Crippen LogP contribution in [-0.2, 0) is 6.42 Å². The molecule has 0 unspecified atom stereocenters. The van der Waals surface area contributed by atoms with Gasteiger partial charge in [0.05, 0.1) is 5.02 Å². The Morgan fingerprint density at radius 1 is 1.20 bits per heavy atom. The van der Waals surface area contributed by atoms with E-state index in [9.17, 15) is 0 Å². The Morgan fingerprint density at radius 2 is 2.00 bits per heavy atom. The molecule has 0 amide bonds. The fraction of sp³-hybridized carbons (Fsp3) is 0.455. The highest BCUT2D eigenvalue weighted by Crippen LogP contribution is 2.41. The molecule has 0 bridgehead atoms. The van der Waals surface area contributed by atoms with E-state index in [1.807, 2.05) is 12.1 Å². The second-order valence-corrected chi connectivity index (χ2v) is 3.92. The van der Waals surface area contributed by atoms with Gasteiger partial charge in [-0.15, -0.1) is 0 Å². The molecule has 3 nitrogen and oxygen atoms in total. The van der Waals surface area contributed by atoms with Crippen LogP contribution in [0, 0.1) is 0 Å². The van der Waals surface area contributed by atoms with E-state index >= 15 is 0 Å². The van der Waals surface area contributed by atoms with Gasteiger partial charge in [0.2, 0.25) is 6.79 Å². The quantitative estimate of drug-likeness (QED) is 0.804. The maximum Gasteiger partial charge on any atom is 0.231 e. The summed E-state index contributed by atoms with van der Waals surface area (Å²) in [6, 6.07) is 3.85. The van der Waals surface area contributed by atoms with Crippen molar-refractivity contribution in [1.82, 2.24) is 0 Å². The molecule has 0 aliphatic carbocycles. The van der Waals surface area contributed by atoms with E-state index in [1.165, 1.54) is 0 Å². The van der Waals surface area contributed by atoms with E-state index in [1.54, 1.807) is 0 Å². The lowest BCUT2D eigenvalue weighted by atomic mass is 10.1. The number of hydrogen-bond acceptors (Lipinski definition) is 3. The molecule has 0 aromatic heterocycles. The molecule has 0 spiro atoms. The van der Waals surface area contributed by atoms with Crippen LogP contribution >= 0.6 is 11.6 Å². The predicted molar refractivity (Wildman–Crippen MR) is 59.6 cm³/mol. The number of ether oxygens (including phenoxy) is 2. The molecule has 15 heavy (non-hydrogen) atoms. The van der Waals surface area contributed by atoms with Gasteiger partial charge in [-0.25, -0.2) is 0 Å². The molecule has 1 aliphatic rings. The maximum atomic E-state index is 5.98. The third-order valence-corrected chi connectivity index (χ3v) is 2.75. The average Bonchev–Trinajstić information content (AvgIpc) is 2.71. The smallest absolute Gasteiger partial charge is 0.231 e. The molecule has 0 fully saturated rings. The Hall–Kier alpha value is -0.930. The first kappa shape index (κ1) is 10.6. The van der Waals surface area contributed by atoms with Gasteiger partial charge >= 0.3 is 0 Å². The van der Waals surface area contributed by atoms with Crippen molar-refractivity contribution in [2.75, 3.05) is 13.3 Å². The molecular weight excluding hydrogens is 214 g/mol. The van der Waals surface area contributed by atoms with Gasteiger partial charge in [0.25, 0.3) is 0 Å². The van der Waals surface area contributed by atoms with Crippen molar-refractivity contribution in [2.45, 2.75) is 19.3 Å². The fourth-order valence-corrected chi connectivity index (χ4v) is 1.88. The normalized spacial score (nSPS) is 13.2. The van der Waals surface area contributed by atoms with E-state index in [-0.39, 0.29) is 6.79 Å². The van der Waals surface area contributed by atoms with Crippen LogP contribution in [0.3, 0.4) is 0 Å². The topological polar surface area (TPSA) is 44.5 Å². The zero-order chi connectivity index (χ0) is 10.7. The van der Waals surface area contributed by atoms with E-state index in [4.69, 9.17) is 26.8 Å². The highest BCUT2D eigenvalue weighted by molar-refractivity contribution is 6.32. The first-order valence-electron chi connectivity index (χ1n) is 5.10. The van der Waals surface area contributed by atoms with Crippen LogP contribution in [-0.4, -0.2) is 13.3 Å². The van der Waals surface area contributed by atoms with Gasteiger partial charge in [-0.3, -0.25) is 0 Å². The summed E-state index contributed by atoms with van der Waals surface area (Å²) in [5.41, 5.74) is 6.61. The lowest BCUT2D eigenvalue weighted by Gasteiger charge is -2.06. The molecule has 1 aromatic carbocycles. The first-order chi connectivity index (χ1) is 7.33. The van der Waals surface area contributed by atoms with Crippen molar-refractivity contribution < 1.29 is 9.47 Å². The number of rotatable bonds is 4. The molecule has 0 radical (unpaired) electrons. The molecule has 0 saturated heterocycles. The largest absolute Gasteiger partial charge is 0.453 e. The monoisotopic (exact) mass is 227 g/mol. The molecule has 0 atom stereocenters. The molecular formula is C11H14ClNO2. The highest BCUT2D eigenvalue weighted by atomic mass is 35.5. The van der Waals surface area contributed by atoms with E-state index in [0.29, 0.717) is 10.8 Å². The van der Waals surface area contributed by atoms with Crippen LogP contribution in [0.2, 0.25) is 5.02 Å². The van der Waals surface area contributed by atoms with Crippen LogP contribution in [0.25, 0.3) is 0 Å². The standard InChI is InChI=1S/C11H14ClNO2/c12-9-5-4-8(3-1-2-6-13)10-11(9)15-7-14-10/h4-5H,1-3,6-7,13H2. The van der Waals surface area contributed by atoms with Crippen molar-refractivity contribution in [3.63, 3.8) is 0 Å². The molecule has 2 N–H and O–H groups in total. The molecule has 4 heteroatoms. The molecule has 1 heterocycles. The molecule has 82 valence electrons. The number of halogens is 1. The van der Waals surface area contributed by atoms with Gasteiger partial charge in [0, 0.05) is 0 Å². The Labute approximate surface area is 94.1 Å². The molecule has 0 saturated carbocycles. The van der Waals surface area contributed by atoms with E-state index in [0.717, 1.165) is 37.1 Å². The lowest BCUT2D eigenvalue weighted by Crippen LogP contribution is -1.99. The summed E-state index contributed by atoms with van der Waals surface area (Å²) < 4.78 is 10.7. The molecule has 2 rings (SSSR count). The van der Waals surface area contributed by atoms with Gasteiger partial charge in [0.1, 0.15) is 0 Å². The number of unbranched alkanes of at least 4 members (excludes halogenated alkanes) is 1. The number of aryl methyl sites for hydroxylation is 1. The van der Waals surface area contributed by atoms with Gasteiger partial charge in [-0.05, 0) is 37.4 Å². The van der Waals surface area contributed by atoms with Crippen molar-refractivity contribution in [3.8, 4) is 11.5 Å². The van der Waals surface area contributed by atoms with Crippen molar-refractivity contribution in [2.24, 2.45) is 5.73 Å². The highest BCUT2D eigenvalue weighted by Gasteiger charge is 2.20. The van der Waals surface area contributed by atoms with Crippen molar-refractivity contribution in [1.29, 1.82) is 0 Å². The molecule has 1 aromatic rings. The summed E-state index contributed by atoms with van der Waals surface area (Å²) in [4.78, 5) is 0. The summed E-state index contributed by atoms with van der Waals surface area (Å²) in [5, 5.41) is 0.616. The minimum atomic E-state index is 0.267. The van der Waals surface area contributed by atoms with Gasteiger partial charge < -0.3 is 15.2 Å².